The van der Waals surface area contributed by atoms with E-state index in [1.165, 1.54) is 205 Å². The molecule has 0 fully saturated rings. The van der Waals surface area contributed by atoms with E-state index in [0.29, 0.717) is 23.9 Å². The van der Waals surface area contributed by atoms with Gasteiger partial charge in [0.1, 0.15) is 19.3 Å². The molecule has 0 aliphatic heterocycles. The van der Waals surface area contributed by atoms with Gasteiger partial charge in [0.2, 0.25) is 5.91 Å². The van der Waals surface area contributed by atoms with E-state index in [9.17, 15) is 19.0 Å². The Morgan fingerprint density at radius 1 is 0.472 bits per heavy atom. The minimum atomic E-state index is -4.69. The van der Waals surface area contributed by atoms with Crippen LogP contribution in [0.1, 0.15) is 310 Å². The summed E-state index contributed by atoms with van der Waals surface area (Å²) in [5.41, 5.74) is 0. The van der Waals surface area contributed by atoms with E-state index in [-0.39, 0.29) is 31.5 Å². The molecule has 0 aromatic heterocycles. The van der Waals surface area contributed by atoms with E-state index in [4.69, 9.17) is 13.8 Å². The van der Waals surface area contributed by atoms with Gasteiger partial charge in [-0.3, -0.25) is 14.2 Å². The zero-order valence-corrected chi connectivity index (χ0v) is 49.6. The summed E-state index contributed by atoms with van der Waals surface area (Å²) in [6, 6.07) is -0.888. The predicted molar refractivity (Wildman–Crippen MR) is 307 cm³/mol. The lowest BCUT2D eigenvalue weighted by molar-refractivity contribution is -0.870. The lowest BCUT2D eigenvalue weighted by Crippen LogP contribution is -2.47. The van der Waals surface area contributed by atoms with Crippen LogP contribution in [-0.2, 0) is 27.9 Å². The Balaban J connectivity index is 5.17. The third-order valence-electron chi connectivity index (χ3n) is 14.1. The second-order valence-electron chi connectivity index (χ2n) is 22.6. The number of ether oxygens (including phenoxy) is 1. The summed E-state index contributed by atoms with van der Waals surface area (Å²) in [5, 5.41) is 3.03. The lowest BCUT2D eigenvalue weighted by atomic mass is 10.0. The molecule has 0 radical (unpaired) electrons. The van der Waals surface area contributed by atoms with Gasteiger partial charge in [0, 0.05) is 12.8 Å². The molecule has 0 bridgehead atoms. The van der Waals surface area contributed by atoms with Crippen molar-refractivity contribution >= 4 is 19.7 Å². The summed E-state index contributed by atoms with van der Waals surface area (Å²) >= 11 is 0. The number of esters is 1. The number of carbonyl (C=O) groups is 2. The second-order valence-corrected chi connectivity index (χ2v) is 24.0. The Morgan fingerprint density at radius 3 is 1.19 bits per heavy atom. The first-order valence-corrected chi connectivity index (χ1v) is 32.6. The van der Waals surface area contributed by atoms with Gasteiger partial charge in [0.15, 0.2) is 0 Å². The van der Waals surface area contributed by atoms with E-state index in [2.05, 4.69) is 38.2 Å². The molecule has 0 saturated carbocycles. The van der Waals surface area contributed by atoms with Crippen LogP contribution in [0.3, 0.4) is 0 Å². The summed E-state index contributed by atoms with van der Waals surface area (Å²) in [7, 11) is 1.19. The Kier molecular flexibility index (Phi) is 51.8. The highest BCUT2D eigenvalue weighted by Gasteiger charge is 2.27. The molecule has 1 amide bonds. The van der Waals surface area contributed by atoms with E-state index >= 15 is 0 Å². The van der Waals surface area contributed by atoms with Crippen LogP contribution < -0.4 is 10.2 Å². The van der Waals surface area contributed by atoms with Crippen LogP contribution in [0.5, 0.6) is 0 Å². The molecule has 0 aliphatic rings. The topological polar surface area (TPSA) is 114 Å². The maximum absolute atomic E-state index is 13.5. The number of phosphoric ester groups is 1. The molecule has 0 aliphatic carbocycles. The SMILES string of the molecule is CCCCCCCC/C=C\CCCCCC(=O)OC(/C=C/CCCCCCCCCCCC)C(COP(=O)([O-])OCC[N+](C)(C)C)NC(=O)CCCCCCCCCCCCCCCCCCCCCCC. The average molecular weight is 1040 g/mol. The number of unbranched alkanes of at least 4 members (excludes halogenated alkanes) is 39. The molecule has 10 heteroatoms. The summed E-state index contributed by atoms with van der Waals surface area (Å²) in [4.78, 5) is 39.9. The number of carbonyl (C=O) groups excluding carboxylic acids is 2. The maximum atomic E-state index is 13.5. The quantitative estimate of drug-likeness (QED) is 0.0212. The van der Waals surface area contributed by atoms with Gasteiger partial charge < -0.3 is 28.5 Å². The number of hydrogen-bond acceptors (Lipinski definition) is 7. The Labute approximate surface area is 447 Å². The smallest absolute Gasteiger partial charge is 0.306 e. The van der Waals surface area contributed by atoms with Crippen molar-refractivity contribution in [1.82, 2.24) is 5.32 Å². The van der Waals surface area contributed by atoms with Crippen molar-refractivity contribution in [1.29, 1.82) is 0 Å². The summed E-state index contributed by atoms with van der Waals surface area (Å²) < 4.78 is 30.3. The molecular weight excluding hydrogens is 916 g/mol. The Bertz CT molecular complexity index is 1290. The fraction of sp³-hybridized carbons (Fsp3) is 0.903. The molecule has 9 nitrogen and oxygen atoms in total. The minimum absolute atomic E-state index is 0.0210. The van der Waals surface area contributed by atoms with Crippen LogP contribution in [-0.4, -0.2) is 69.4 Å². The number of allylic oxidation sites excluding steroid dienone is 3. The molecular formula is C62H121N2O7P. The molecule has 3 unspecified atom stereocenters. The molecule has 3 atom stereocenters. The zero-order chi connectivity index (χ0) is 52.9. The molecule has 72 heavy (non-hydrogen) atoms. The number of nitrogens with zero attached hydrogens (tertiary/aromatic N) is 1. The minimum Gasteiger partial charge on any atom is -0.756 e. The number of quaternary nitrogens is 1. The molecule has 0 saturated heterocycles. The van der Waals surface area contributed by atoms with Gasteiger partial charge in [0.05, 0.1) is 33.8 Å². The maximum Gasteiger partial charge on any atom is 0.306 e. The largest absolute Gasteiger partial charge is 0.756 e. The number of nitrogens with one attached hydrogen (secondary N) is 1. The Morgan fingerprint density at radius 2 is 0.806 bits per heavy atom. The van der Waals surface area contributed by atoms with E-state index in [0.717, 1.165) is 64.2 Å². The lowest BCUT2D eigenvalue weighted by Gasteiger charge is -2.30. The number of phosphoric acid groups is 1. The van der Waals surface area contributed by atoms with Gasteiger partial charge in [-0.25, -0.2) is 0 Å². The van der Waals surface area contributed by atoms with Crippen LogP contribution in [0.4, 0.5) is 0 Å². The molecule has 0 spiro atoms. The van der Waals surface area contributed by atoms with Gasteiger partial charge in [-0.15, -0.1) is 0 Å². The van der Waals surface area contributed by atoms with E-state index in [1.54, 1.807) is 0 Å². The third-order valence-corrected chi connectivity index (χ3v) is 15.1. The zero-order valence-electron chi connectivity index (χ0n) is 48.7. The van der Waals surface area contributed by atoms with Gasteiger partial charge in [-0.2, -0.15) is 0 Å². The monoisotopic (exact) mass is 1040 g/mol. The van der Waals surface area contributed by atoms with E-state index in [1.807, 2.05) is 33.3 Å². The summed E-state index contributed by atoms with van der Waals surface area (Å²) in [6.07, 6.45) is 61.5. The first kappa shape index (κ1) is 70.5. The predicted octanol–water partition coefficient (Wildman–Crippen LogP) is 18.3. The van der Waals surface area contributed by atoms with Crippen molar-refractivity contribution in [3.05, 3.63) is 24.3 Å². The number of rotatable bonds is 57. The van der Waals surface area contributed by atoms with Crippen LogP contribution in [0.15, 0.2) is 24.3 Å². The molecule has 0 aromatic rings. The highest BCUT2D eigenvalue weighted by molar-refractivity contribution is 7.45. The van der Waals surface area contributed by atoms with Crippen molar-refractivity contribution in [2.24, 2.45) is 0 Å². The third kappa shape index (κ3) is 53.3. The summed E-state index contributed by atoms with van der Waals surface area (Å²) in [5.74, 6) is -0.544. The molecule has 0 heterocycles. The molecule has 426 valence electrons. The van der Waals surface area contributed by atoms with Gasteiger partial charge in [-0.1, -0.05) is 264 Å². The van der Waals surface area contributed by atoms with Gasteiger partial charge in [-0.05, 0) is 57.4 Å². The first-order valence-electron chi connectivity index (χ1n) is 31.1. The fourth-order valence-corrected chi connectivity index (χ4v) is 10.0. The normalized spacial score (nSPS) is 13.8. The van der Waals surface area contributed by atoms with Crippen molar-refractivity contribution in [3.63, 3.8) is 0 Å². The number of hydrogen-bond donors (Lipinski definition) is 1. The van der Waals surface area contributed by atoms with Crippen LogP contribution in [0.2, 0.25) is 0 Å². The Hall–Kier alpha value is -1.51. The van der Waals surface area contributed by atoms with Crippen LogP contribution in [0, 0.1) is 0 Å². The summed E-state index contributed by atoms with van der Waals surface area (Å²) in [6.45, 7) is 6.86. The second kappa shape index (κ2) is 52.9. The number of likely N-dealkylation sites (N-methyl/N-ethyl adjacent to an activating group) is 1. The first-order chi connectivity index (χ1) is 34.9. The van der Waals surface area contributed by atoms with E-state index < -0.39 is 20.0 Å². The van der Waals surface area contributed by atoms with Crippen LogP contribution >= 0.6 is 7.82 Å². The van der Waals surface area contributed by atoms with Crippen LogP contribution in [0.25, 0.3) is 0 Å². The van der Waals surface area contributed by atoms with Crippen molar-refractivity contribution in [2.75, 3.05) is 40.9 Å². The number of amides is 1. The van der Waals surface area contributed by atoms with Crippen molar-refractivity contribution < 1.29 is 37.3 Å². The standard InChI is InChI=1S/C62H121N2O7P/c1-7-10-13-16-19-22-25-28-29-30-31-32-33-34-35-37-39-42-45-48-51-54-61(65)63-59(58-70-72(67,68)69-57-56-64(4,5)6)60(53-50-47-44-41-38-27-24-21-18-15-12-9-3)71-62(66)55-52-49-46-43-40-36-26-23-20-17-14-11-8-2/h36,40,50,53,59-60H,7-35,37-39,41-49,51-52,54-58H2,1-6H3,(H-,63,65,67,68)/b40-36-,53-50+. The molecule has 1 N–H and O–H groups in total. The highest BCUT2D eigenvalue weighted by Crippen LogP contribution is 2.38. The fourth-order valence-electron chi connectivity index (χ4n) is 9.28. The molecule has 0 aromatic carbocycles. The van der Waals surface area contributed by atoms with Crippen molar-refractivity contribution in [3.8, 4) is 0 Å². The highest BCUT2D eigenvalue weighted by atomic mass is 31.2. The average Bonchev–Trinajstić information content (AvgIpc) is 3.34. The van der Waals surface area contributed by atoms with Gasteiger partial charge in [0.25, 0.3) is 7.82 Å². The van der Waals surface area contributed by atoms with Crippen molar-refractivity contribution in [2.45, 2.75) is 322 Å². The molecule has 0 rings (SSSR count). The van der Waals surface area contributed by atoms with Gasteiger partial charge >= 0.3 is 5.97 Å².